The zero-order chi connectivity index (χ0) is 34.5. The smallest absolute Gasteiger partial charge is 0.374 e. The van der Waals surface area contributed by atoms with E-state index in [2.05, 4.69) is 72.8 Å². The van der Waals surface area contributed by atoms with Crippen molar-refractivity contribution in [3.63, 3.8) is 0 Å². The van der Waals surface area contributed by atoms with E-state index < -0.39 is 17.6 Å². The molecule has 0 atom stereocenters. The molecular formula is C38H58O6S2Si2. The number of rotatable bonds is 26. The highest BCUT2D eigenvalue weighted by Gasteiger charge is 2.40. The minimum Gasteiger partial charge on any atom is -0.374 e. The van der Waals surface area contributed by atoms with Crippen LogP contribution in [0.5, 0.6) is 0 Å². The fourth-order valence-corrected chi connectivity index (χ4v) is 13.2. The van der Waals surface area contributed by atoms with Gasteiger partial charge in [0.15, 0.2) is 0 Å². The lowest BCUT2D eigenvalue weighted by molar-refractivity contribution is 0.0704. The van der Waals surface area contributed by atoms with E-state index >= 15 is 0 Å². The summed E-state index contributed by atoms with van der Waals surface area (Å²) in [6, 6.07) is 28.6. The van der Waals surface area contributed by atoms with Gasteiger partial charge >= 0.3 is 17.6 Å². The van der Waals surface area contributed by atoms with Crippen molar-refractivity contribution in [1.82, 2.24) is 0 Å². The van der Waals surface area contributed by atoms with Gasteiger partial charge in [0.1, 0.15) is 0 Å². The minimum atomic E-state index is -2.54. The van der Waals surface area contributed by atoms with Gasteiger partial charge in [-0.3, -0.25) is 0 Å². The van der Waals surface area contributed by atoms with Crippen LogP contribution < -0.4 is 0 Å². The molecule has 48 heavy (non-hydrogen) atoms. The normalized spacial score (nSPS) is 12.1. The molecule has 3 aromatic rings. The highest BCUT2D eigenvalue weighted by atomic mass is 32.2. The largest absolute Gasteiger partial charge is 0.500 e. The lowest BCUT2D eigenvalue weighted by atomic mass is 9.99. The lowest BCUT2D eigenvalue weighted by Crippen LogP contribution is -2.46. The SMILES string of the molecule is CCO[Si](CCCSCc1ccc(-c2ccc(-c3ccc(CSCCC[Si](OCC)(OCC)OCC)cc3)cc2)cc1)(OCC)OCC. The molecule has 0 amide bonds. The van der Waals surface area contributed by atoms with Crippen LogP contribution in [0, 0.1) is 0 Å². The van der Waals surface area contributed by atoms with Crippen molar-refractivity contribution in [2.45, 2.75) is 78.0 Å². The van der Waals surface area contributed by atoms with E-state index in [4.69, 9.17) is 26.6 Å². The first-order chi connectivity index (χ1) is 23.5. The van der Waals surface area contributed by atoms with Crippen LogP contribution in [0.4, 0.5) is 0 Å². The molecule has 0 aliphatic carbocycles. The zero-order valence-electron chi connectivity index (χ0n) is 30.1. The van der Waals surface area contributed by atoms with Crippen molar-refractivity contribution in [2.24, 2.45) is 0 Å². The molecule has 0 unspecified atom stereocenters. The van der Waals surface area contributed by atoms with E-state index in [-0.39, 0.29) is 0 Å². The summed E-state index contributed by atoms with van der Waals surface area (Å²) in [5, 5.41) is 0. The van der Waals surface area contributed by atoms with Gasteiger partial charge in [-0.1, -0.05) is 72.8 Å². The van der Waals surface area contributed by atoms with Gasteiger partial charge in [-0.05, 0) is 99.3 Å². The molecule has 0 saturated carbocycles. The summed E-state index contributed by atoms with van der Waals surface area (Å²) in [7, 11) is -5.08. The van der Waals surface area contributed by atoms with E-state index in [1.165, 1.54) is 33.4 Å². The van der Waals surface area contributed by atoms with Crippen molar-refractivity contribution in [2.75, 3.05) is 51.1 Å². The maximum Gasteiger partial charge on any atom is 0.500 e. The van der Waals surface area contributed by atoms with Crippen LogP contribution >= 0.6 is 23.5 Å². The molecular weight excluding hydrogens is 673 g/mol. The topological polar surface area (TPSA) is 55.4 Å². The highest BCUT2D eigenvalue weighted by Crippen LogP contribution is 2.28. The Morgan fingerprint density at radius 1 is 0.396 bits per heavy atom. The predicted octanol–water partition coefficient (Wildman–Crippen LogP) is 10.4. The molecule has 0 radical (unpaired) electrons. The number of thioether (sulfide) groups is 2. The maximum atomic E-state index is 5.99. The molecule has 0 aliphatic heterocycles. The highest BCUT2D eigenvalue weighted by molar-refractivity contribution is 7.98. The fourth-order valence-electron chi connectivity index (χ4n) is 5.61. The van der Waals surface area contributed by atoms with Crippen LogP contribution in [0.15, 0.2) is 72.8 Å². The first-order valence-electron chi connectivity index (χ1n) is 17.7. The number of benzene rings is 3. The van der Waals surface area contributed by atoms with Crippen LogP contribution in [0.25, 0.3) is 22.3 Å². The summed E-state index contributed by atoms with van der Waals surface area (Å²) < 4.78 is 35.9. The molecule has 0 fully saturated rings. The van der Waals surface area contributed by atoms with Gasteiger partial charge in [0.25, 0.3) is 0 Å². The summed E-state index contributed by atoms with van der Waals surface area (Å²) in [6.07, 6.45) is 2.07. The molecule has 0 saturated heterocycles. The van der Waals surface area contributed by atoms with Crippen molar-refractivity contribution < 1.29 is 26.6 Å². The van der Waals surface area contributed by atoms with Crippen molar-refractivity contribution in [3.05, 3.63) is 83.9 Å². The molecule has 266 valence electrons. The number of hydrogen-bond acceptors (Lipinski definition) is 8. The van der Waals surface area contributed by atoms with E-state index in [1.807, 2.05) is 65.1 Å². The Hall–Kier alpha value is -1.45. The second-order valence-corrected chi connectivity index (χ2v) is 18.9. The predicted molar refractivity (Wildman–Crippen MR) is 210 cm³/mol. The monoisotopic (exact) mass is 730 g/mol. The second kappa shape index (κ2) is 23.1. The number of hydrogen-bond donors (Lipinski definition) is 0. The van der Waals surface area contributed by atoms with Crippen LogP contribution in [-0.2, 0) is 38.1 Å². The first kappa shape index (κ1) is 41.0. The van der Waals surface area contributed by atoms with Crippen LogP contribution in [0.1, 0.15) is 65.5 Å². The molecule has 10 heteroatoms. The molecule has 0 heterocycles. The molecule has 3 rings (SSSR count). The maximum absolute atomic E-state index is 5.99. The van der Waals surface area contributed by atoms with Crippen molar-refractivity contribution in [1.29, 1.82) is 0 Å². The van der Waals surface area contributed by atoms with Crippen molar-refractivity contribution >= 4 is 41.1 Å². The third-order valence-electron chi connectivity index (χ3n) is 7.73. The molecule has 0 N–H and O–H groups in total. The molecule has 6 nitrogen and oxygen atoms in total. The van der Waals surface area contributed by atoms with Gasteiger partial charge in [-0.15, -0.1) is 0 Å². The molecule has 0 bridgehead atoms. The van der Waals surface area contributed by atoms with Crippen LogP contribution in [-0.4, -0.2) is 68.8 Å². The summed E-state index contributed by atoms with van der Waals surface area (Å²) >= 11 is 3.91. The van der Waals surface area contributed by atoms with E-state index in [1.54, 1.807) is 0 Å². The van der Waals surface area contributed by atoms with Gasteiger partial charge in [0, 0.05) is 63.2 Å². The Labute approximate surface area is 301 Å². The molecule has 0 aliphatic rings. The van der Waals surface area contributed by atoms with Crippen molar-refractivity contribution in [3.8, 4) is 22.3 Å². The average Bonchev–Trinajstić information content (AvgIpc) is 3.09. The first-order valence-corrected chi connectivity index (χ1v) is 23.9. The Kier molecular flexibility index (Phi) is 19.7. The molecule has 3 aromatic carbocycles. The van der Waals surface area contributed by atoms with Gasteiger partial charge in [-0.25, -0.2) is 0 Å². The fraction of sp³-hybridized carbons (Fsp3) is 0.526. The summed E-state index contributed by atoms with van der Waals surface area (Å²) in [6.45, 7) is 15.9. The summed E-state index contributed by atoms with van der Waals surface area (Å²) in [5.74, 6) is 4.12. The molecule has 0 spiro atoms. The Morgan fingerprint density at radius 2 is 0.646 bits per heavy atom. The Morgan fingerprint density at radius 3 is 0.896 bits per heavy atom. The summed E-state index contributed by atoms with van der Waals surface area (Å²) in [5.41, 5.74) is 7.65. The van der Waals surface area contributed by atoms with E-state index in [9.17, 15) is 0 Å². The Balaban J connectivity index is 1.43. The lowest BCUT2D eigenvalue weighted by Gasteiger charge is -2.28. The van der Waals surface area contributed by atoms with Crippen LogP contribution in [0.3, 0.4) is 0 Å². The van der Waals surface area contributed by atoms with Gasteiger partial charge < -0.3 is 26.6 Å². The zero-order valence-corrected chi connectivity index (χ0v) is 33.7. The van der Waals surface area contributed by atoms with Crippen LogP contribution in [0.2, 0.25) is 12.1 Å². The van der Waals surface area contributed by atoms with E-state index in [0.717, 1.165) is 47.9 Å². The minimum absolute atomic E-state index is 0.631. The average molecular weight is 731 g/mol. The van der Waals surface area contributed by atoms with Gasteiger partial charge in [0.2, 0.25) is 0 Å². The van der Waals surface area contributed by atoms with Gasteiger partial charge in [0.05, 0.1) is 0 Å². The third-order valence-corrected chi connectivity index (χ3v) is 16.3. The van der Waals surface area contributed by atoms with E-state index in [0.29, 0.717) is 39.6 Å². The van der Waals surface area contributed by atoms with Gasteiger partial charge in [-0.2, -0.15) is 23.5 Å². The summed E-state index contributed by atoms with van der Waals surface area (Å²) in [4.78, 5) is 0. The molecule has 0 aromatic heterocycles. The second-order valence-electron chi connectivity index (χ2n) is 11.2. The third kappa shape index (κ3) is 13.7. The quantitative estimate of drug-likeness (QED) is 0.0598. The standard InChI is InChI=1S/C38H58O6S2Si2/c1-7-39-47(40-8-2,41-9-3)29-13-27-45-31-33-15-19-35(20-16-33)37-23-25-38(26-24-37)36-21-17-34(18-22-36)32-46-28-14-30-48(42-10-4,43-11-5)44-12-6/h15-26H,7-14,27-32H2,1-6H3. The Bertz CT molecular complexity index is 1130.